The summed E-state index contributed by atoms with van der Waals surface area (Å²) < 4.78 is 19.6. The van der Waals surface area contributed by atoms with E-state index in [1.54, 1.807) is 30.6 Å². The summed E-state index contributed by atoms with van der Waals surface area (Å²) in [4.78, 5) is 3.91. The molecule has 4 heteroatoms. The first kappa shape index (κ1) is 11.1. The topological polar surface area (TPSA) is 22.1 Å². The van der Waals surface area contributed by atoms with Crippen LogP contribution in [0.2, 0.25) is 0 Å². The van der Waals surface area contributed by atoms with Crippen molar-refractivity contribution in [3.63, 3.8) is 0 Å². The Bertz CT molecular complexity index is 516. The Morgan fingerprint density at radius 1 is 1.25 bits per heavy atom. The van der Waals surface area contributed by atoms with Crippen molar-refractivity contribution in [1.29, 1.82) is 0 Å². The molecule has 0 aliphatic carbocycles. The minimum atomic E-state index is -0.380. The van der Waals surface area contributed by atoms with Crippen LogP contribution >= 0.6 is 15.9 Å². The molecule has 16 heavy (non-hydrogen) atoms. The van der Waals surface area contributed by atoms with Gasteiger partial charge in [0.25, 0.3) is 0 Å². The second-order valence-electron chi connectivity index (χ2n) is 3.34. The van der Waals surface area contributed by atoms with Gasteiger partial charge in [-0.3, -0.25) is 4.98 Å². The number of halogens is 2. The van der Waals surface area contributed by atoms with Gasteiger partial charge >= 0.3 is 0 Å². The van der Waals surface area contributed by atoms with E-state index in [-0.39, 0.29) is 11.6 Å². The lowest BCUT2D eigenvalue weighted by atomic mass is 10.2. The molecule has 0 N–H and O–H groups in total. The summed E-state index contributed by atoms with van der Waals surface area (Å²) in [5.41, 5.74) is 0.946. The Morgan fingerprint density at radius 3 is 2.81 bits per heavy atom. The zero-order valence-corrected chi connectivity index (χ0v) is 10.2. The van der Waals surface area contributed by atoms with E-state index in [0.717, 1.165) is 5.56 Å². The molecule has 1 heterocycles. The SMILES string of the molecule is Cc1ccc(F)c(Oc2ccncc2Br)c1. The smallest absolute Gasteiger partial charge is 0.165 e. The molecule has 2 rings (SSSR count). The van der Waals surface area contributed by atoms with Gasteiger partial charge in [-0.05, 0) is 40.5 Å². The molecule has 0 bridgehead atoms. The first-order valence-electron chi connectivity index (χ1n) is 4.70. The number of hydrogen-bond donors (Lipinski definition) is 0. The number of benzene rings is 1. The Hall–Kier alpha value is -1.42. The molecule has 2 nitrogen and oxygen atoms in total. The molecule has 82 valence electrons. The van der Waals surface area contributed by atoms with Crippen molar-refractivity contribution in [1.82, 2.24) is 4.98 Å². The third-order valence-electron chi connectivity index (χ3n) is 2.04. The Kier molecular flexibility index (Phi) is 3.19. The van der Waals surface area contributed by atoms with Gasteiger partial charge in [0.2, 0.25) is 0 Å². The average molecular weight is 282 g/mol. The Balaban J connectivity index is 2.34. The zero-order valence-electron chi connectivity index (χ0n) is 8.58. The number of pyridine rings is 1. The van der Waals surface area contributed by atoms with Crippen LogP contribution in [0.25, 0.3) is 0 Å². The van der Waals surface area contributed by atoms with Crippen LogP contribution < -0.4 is 4.74 Å². The third-order valence-corrected chi connectivity index (χ3v) is 2.64. The quantitative estimate of drug-likeness (QED) is 0.827. The maximum Gasteiger partial charge on any atom is 0.165 e. The van der Waals surface area contributed by atoms with Gasteiger partial charge in [-0.1, -0.05) is 6.07 Å². The van der Waals surface area contributed by atoms with Crippen LogP contribution in [-0.4, -0.2) is 4.98 Å². The number of aromatic nitrogens is 1. The minimum Gasteiger partial charge on any atom is -0.453 e. The highest BCUT2D eigenvalue weighted by Crippen LogP contribution is 2.30. The molecule has 0 radical (unpaired) electrons. The van der Waals surface area contributed by atoms with Gasteiger partial charge in [0.1, 0.15) is 5.75 Å². The molecular formula is C12H9BrFNO. The van der Waals surface area contributed by atoms with Crippen LogP contribution in [-0.2, 0) is 0 Å². The van der Waals surface area contributed by atoms with E-state index in [1.165, 1.54) is 6.07 Å². The van der Waals surface area contributed by atoms with E-state index in [2.05, 4.69) is 20.9 Å². The number of aryl methyl sites for hydroxylation is 1. The second kappa shape index (κ2) is 4.61. The van der Waals surface area contributed by atoms with Gasteiger partial charge in [-0.2, -0.15) is 0 Å². The number of nitrogens with zero attached hydrogens (tertiary/aromatic N) is 1. The molecule has 1 aromatic carbocycles. The van der Waals surface area contributed by atoms with Crippen molar-refractivity contribution < 1.29 is 9.13 Å². The fourth-order valence-corrected chi connectivity index (χ4v) is 1.58. The average Bonchev–Trinajstić information content (AvgIpc) is 2.27. The van der Waals surface area contributed by atoms with Crippen LogP contribution in [0.1, 0.15) is 5.56 Å². The van der Waals surface area contributed by atoms with Gasteiger partial charge in [0.05, 0.1) is 4.47 Å². The highest BCUT2D eigenvalue weighted by atomic mass is 79.9. The van der Waals surface area contributed by atoms with Gasteiger partial charge in [0.15, 0.2) is 11.6 Å². The molecule has 0 saturated carbocycles. The van der Waals surface area contributed by atoms with Crippen molar-refractivity contribution in [3.05, 3.63) is 52.5 Å². The van der Waals surface area contributed by atoms with Crippen LogP contribution in [0.15, 0.2) is 41.1 Å². The largest absolute Gasteiger partial charge is 0.453 e. The van der Waals surface area contributed by atoms with Crippen molar-refractivity contribution in [2.45, 2.75) is 6.92 Å². The van der Waals surface area contributed by atoms with Crippen LogP contribution in [0, 0.1) is 12.7 Å². The molecule has 0 spiro atoms. The normalized spacial score (nSPS) is 10.2. The molecule has 0 atom stereocenters. The summed E-state index contributed by atoms with van der Waals surface area (Å²) in [6.45, 7) is 1.88. The highest BCUT2D eigenvalue weighted by molar-refractivity contribution is 9.10. The summed E-state index contributed by atoms with van der Waals surface area (Å²) in [7, 11) is 0. The Morgan fingerprint density at radius 2 is 2.06 bits per heavy atom. The predicted molar refractivity (Wildman–Crippen MR) is 63.1 cm³/mol. The minimum absolute atomic E-state index is 0.215. The van der Waals surface area contributed by atoms with Crippen LogP contribution in [0.5, 0.6) is 11.5 Å². The zero-order chi connectivity index (χ0) is 11.5. The first-order chi connectivity index (χ1) is 7.66. The first-order valence-corrected chi connectivity index (χ1v) is 5.49. The Labute approximate surface area is 101 Å². The second-order valence-corrected chi connectivity index (χ2v) is 4.20. The lowest BCUT2D eigenvalue weighted by Crippen LogP contribution is -1.90. The van der Waals surface area contributed by atoms with Gasteiger partial charge in [-0.25, -0.2) is 4.39 Å². The van der Waals surface area contributed by atoms with E-state index in [4.69, 9.17) is 4.74 Å². The number of hydrogen-bond acceptors (Lipinski definition) is 2. The molecule has 2 aromatic rings. The van der Waals surface area contributed by atoms with Crippen molar-refractivity contribution >= 4 is 15.9 Å². The van der Waals surface area contributed by atoms with Crippen LogP contribution in [0.4, 0.5) is 4.39 Å². The predicted octanol–water partition coefficient (Wildman–Crippen LogP) is 4.08. The van der Waals surface area contributed by atoms with Crippen LogP contribution in [0.3, 0.4) is 0 Å². The van der Waals surface area contributed by atoms with Gasteiger partial charge < -0.3 is 4.74 Å². The van der Waals surface area contributed by atoms with Crippen molar-refractivity contribution in [2.75, 3.05) is 0 Å². The summed E-state index contributed by atoms with van der Waals surface area (Å²) in [5, 5.41) is 0. The molecule has 0 aliphatic heterocycles. The monoisotopic (exact) mass is 281 g/mol. The van der Waals surface area contributed by atoms with E-state index >= 15 is 0 Å². The maximum atomic E-state index is 13.4. The molecule has 0 fully saturated rings. The lowest BCUT2D eigenvalue weighted by molar-refractivity contribution is 0.439. The van der Waals surface area contributed by atoms with Gasteiger partial charge in [-0.15, -0.1) is 0 Å². The summed E-state index contributed by atoms with van der Waals surface area (Å²) in [6, 6.07) is 6.41. The molecule has 0 aliphatic rings. The fraction of sp³-hybridized carbons (Fsp3) is 0.0833. The maximum absolute atomic E-state index is 13.4. The molecule has 0 amide bonds. The third kappa shape index (κ3) is 2.39. The van der Waals surface area contributed by atoms with Gasteiger partial charge in [0, 0.05) is 18.5 Å². The van der Waals surface area contributed by atoms with Crippen molar-refractivity contribution in [2.24, 2.45) is 0 Å². The molecule has 0 saturated heterocycles. The van der Waals surface area contributed by atoms with Crippen molar-refractivity contribution in [3.8, 4) is 11.5 Å². The molecule has 0 unspecified atom stereocenters. The molecular weight excluding hydrogens is 273 g/mol. The number of rotatable bonds is 2. The summed E-state index contributed by atoms with van der Waals surface area (Å²) in [6.07, 6.45) is 3.19. The van der Waals surface area contributed by atoms with E-state index in [0.29, 0.717) is 10.2 Å². The van der Waals surface area contributed by atoms with E-state index in [9.17, 15) is 4.39 Å². The summed E-state index contributed by atoms with van der Waals surface area (Å²) >= 11 is 3.29. The fourth-order valence-electron chi connectivity index (χ4n) is 1.25. The lowest BCUT2D eigenvalue weighted by Gasteiger charge is -2.08. The molecule has 1 aromatic heterocycles. The highest BCUT2D eigenvalue weighted by Gasteiger charge is 2.07. The van der Waals surface area contributed by atoms with E-state index in [1.807, 2.05) is 6.92 Å². The van der Waals surface area contributed by atoms with E-state index < -0.39 is 0 Å². The summed E-state index contributed by atoms with van der Waals surface area (Å²) in [5.74, 6) is 0.376. The standard InChI is InChI=1S/C12H9BrFNO/c1-8-2-3-10(14)12(6-8)16-11-4-5-15-7-9(11)13/h2-7H,1H3. The number of ether oxygens (including phenoxy) is 1.